The van der Waals surface area contributed by atoms with Crippen molar-refractivity contribution in [3.8, 4) is 0 Å². The van der Waals surface area contributed by atoms with E-state index in [9.17, 15) is 0 Å². The van der Waals surface area contributed by atoms with Crippen LogP contribution in [-0.2, 0) is 12.8 Å². The van der Waals surface area contributed by atoms with Crippen LogP contribution in [0.25, 0.3) is 0 Å². The van der Waals surface area contributed by atoms with Crippen LogP contribution >= 0.6 is 0 Å². The minimum atomic E-state index is 0.213. The Kier molecular flexibility index (Phi) is 3.87. The third-order valence-electron chi connectivity index (χ3n) is 1.56. The van der Waals surface area contributed by atoms with Gasteiger partial charge >= 0.3 is 71.8 Å². The van der Waals surface area contributed by atoms with E-state index >= 15 is 0 Å². The number of hydrogen-bond acceptors (Lipinski definition) is 2. The van der Waals surface area contributed by atoms with E-state index in [1.165, 1.54) is 10.0 Å². The van der Waals surface area contributed by atoms with Gasteiger partial charge in [-0.25, -0.2) is 0 Å². The Morgan fingerprint density at radius 2 is 1.91 bits per heavy atom. The summed E-state index contributed by atoms with van der Waals surface area (Å²) >= 11 is 0.438. The van der Waals surface area contributed by atoms with Gasteiger partial charge in [0.05, 0.1) is 0 Å². The summed E-state index contributed by atoms with van der Waals surface area (Å²) < 4.78 is 1.34. The molecule has 0 aliphatic rings. The first kappa shape index (κ1) is 9.01. The number of hydrogen-bond donors (Lipinski definition) is 2. The molecule has 0 aromatic carbocycles. The number of aliphatic hydroxyl groups excluding tert-OH is 2. The molecular weight excluding hydrogens is 207 g/mol. The van der Waals surface area contributed by atoms with E-state index in [1.54, 1.807) is 0 Å². The van der Waals surface area contributed by atoms with Crippen molar-refractivity contribution >= 4 is 14.5 Å². The molecule has 0 atom stereocenters. The zero-order valence-corrected chi connectivity index (χ0v) is 8.00. The molecule has 2 nitrogen and oxygen atoms in total. The van der Waals surface area contributed by atoms with Crippen LogP contribution in [0.4, 0.5) is 0 Å². The standard InChI is InChI=1S/C8H12O2Se/c9-4-1-7-3-6-11-8(7)2-5-10/h3,6,9-10H,1-2,4-5H2. The Morgan fingerprint density at radius 3 is 2.55 bits per heavy atom. The van der Waals surface area contributed by atoms with Crippen LogP contribution in [-0.4, -0.2) is 37.9 Å². The Labute approximate surface area is 72.2 Å². The minimum absolute atomic E-state index is 0.213. The third-order valence-corrected chi connectivity index (χ3v) is 3.70. The fourth-order valence-electron chi connectivity index (χ4n) is 1.03. The average Bonchev–Trinajstić information content (AvgIpc) is 2.39. The SMILES string of the molecule is OCCc1cc[se]c1CCO. The van der Waals surface area contributed by atoms with Crippen molar-refractivity contribution in [2.45, 2.75) is 12.8 Å². The Bertz CT molecular complexity index is 187. The van der Waals surface area contributed by atoms with Gasteiger partial charge < -0.3 is 0 Å². The summed E-state index contributed by atoms with van der Waals surface area (Å²) in [5.74, 6) is 0. The first-order valence-corrected chi connectivity index (χ1v) is 5.50. The van der Waals surface area contributed by atoms with Gasteiger partial charge in [0.2, 0.25) is 0 Å². The summed E-state index contributed by atoms with van der Waals surface area (Å²) in [6.07, 6.45) is 1.52. The normalized spacial score (nSPS) is 10.4. The molecule has 0 saturated carbocycles. The van der Waals surface area contributed by atoms with E-state index in [1.807, 2.05) is 0 Å². The summed E-state index contributed by atoms with van der Waals surface area (Å²) in [6, 6.07) is 2.07. The third kappa shape index (κ3) is 2.45. The fraction of sp³-hybridized carbons (Fsp3) is 0.500. The van der Waals surface area contributed by atoms with Gasteiger partial charge in [-0.15, -0.1) is 0 Å². The van der Waals surface area contributed by atoms with Crippen LogP contribution in [0, 0.1) is 0 Å². The molecule has 0 bridgehead atoms. The molecule has 0 radical (unpaired) electrons. The molecule has 62 valence electrons. The van der Waals surface area contributed by atoms with E-state index in [2.05, 4.69) is 11.0 Å². The predicted octanol–water partition coefficient (Wildman–Crippen LogP) is -0.187. The first-order chi connectivity index (χ1) is 5.38. The molecular formula is C8H12O2Se. The molecule has 0 fully saturated rings. The second-order valence-corrected chi connectivity index (χ2v) is 4.42. The van der Waals surface area contributed by atoms with Crippen LogP contribution in [0.5, 0.6) is 0 Å². The van der Waals surface area contributed by atoms with Gasteiger partial charge in [0.25, 0.3) is 0 Å². The maximum atomic E-state index is 8.70. The van der Waals surface area contributed by atoms with Crippen LogP contribution in [0.1, 0.15) is 10.0 Å². The van der Waals surface area contributed by atoms with Crippen molar-refractivity contribution in [1.29, 1.82) is 0 Å². The molecule has 3 heteroatoms. The summed E-state index contributed by atoms with van der Waals surface area (Å²) in [6.45, 7) is 0.443. The molecule has 1 aromatic rings. The molecule has 0 spiro atoms. The van der Waals surface area contributed by atoms with Crippen molar-refractivity contribution in [1.82, 2.24) is 0 Å². The molecule has 1 heterocycles. The molecule has 0 aliphatic carbocycles. The van der Waals surface area contributed by atoms with Crippen molar-refractivity contribution in [2.75, 3.05) is 13.2 Å². The van der Waals surface area contributed by atoms with Crippen LogP contribution < -0.4 is 0 Å². The topological polar surface area (TPSA) is 40.5 Å². The number of rotatable bonds is 4. The summed E-state index contributed by atoms with van der Waals surface area (Å²) in [5, 5.41) is 17.4. The predicted molar refractivity (Wildman–Crippen MR) is 45.0 cm³/mol. The quantitative estimate of drug-likeness (QED) is 0.689. The summed E-state index contributed by atoms with van der Waals surface area (Å²) in [7, 11) is 0. The number of aliphatic hydroxyl groups is 2. The average molecular weight is 219 g/mol. The van der Waals surface area contributed by atoms with Crippen LogP contribution in [0.2, 0.25) is 0 Å². The monoisotopic (exact) mass is 220 g/mol. The van der Waals surface area contributed by atoms with Gasteiger partial charge in [0, 0.05) is 0 Å². The van der Waals surface area contributed by atoms with E-state index in [0.717, 1.165) is 12.8 Å². The van der Waals surface area contributed by atoms with Crippen molar-refractivity contribution in [3.63, 3.8) is 0 Å². The first-order valence-electron chi connectivity index (χ1n) is 3.65. The van der Waals surface area contributed by atoms with Crippen LogP contribution in [0.3, 0.4) is 0 Å². The molecule has 1 rings (SSSR count). The van der Waals surface area contributed by atoms with Gasteiger partial charge in [-0.3, -0.25) is 0 Å². The van der Waals surface area contributed by atoms with E-state index in [-0.39, 0.29) is 13.2 Å². The molecule has 1 aromatic heterocycles. The molecule has 2 N–H and O–H groups in total. The Morgan fingerprint density at radius 1 is 1.18 bits per heavy atom. The molecule has 11 heavy (non-hydrogen) atoms. The molecule has 0 saturated heterocycles. The summed E-state index contributed by atoms with van der Waals surface area (Å²) in [4.78, 5) is 2.14. The fourth-order valence-corrected chi connectivity index (χ4v) is 2.98. The Hall–Kier alpha value is -0.0805. The Balaban J connectivity index is 2.62. The molecule has 0 amide bonds. The van der Waals surface area contributed by atoms with Crippen molar-refractivity contribution < 1.29 is 10.2 Å². The van der Waals surface area contributed by atoms with E-state index in [4.69, 9.17) is 10.2 Å². The zero-order chi connectivity index (χ0) is 8.10. The van der Waals surface area contributed by atoms with Gasteiger partial charge in [0.15, 0.2) is 0 Å². The van der Waals surface area contributed by atoms with Crippen LogP contribution in [0.15, 0.2) is 11.0 Å². The molecule has 0 aliphatic heterocycles. The van der Waals surface area contributed by atoms with Gasteiger partial charge in [-0.2, -0.15) is 0 Å². The van der Waals surface area contributed by atoms with E-state index in [0.29, 0.717) is 14.5 Å². The van der Waals surface area contributed by atoms with Gasteiger partial charge in [-0.05, 0) is 0 Å². The van der Waals surface area contributed by atoms with Crippen molar-refractivity contribution in [3.05, 3.63) is 21.0 Å². The van der Waals surface area contributed by atoms with Crippen molar-refractivity contribution in [2.24, 2.45) is 0 Å². The second kappa shape index (κ2) is 4.73. The zero-order valence-electron chi connectivity index (χ0n) is 6.29. The molecule has 0 unspecified atom stereocenters. The van der Waals surface area contributed by atoms with Gasteiger partial charge in [0.1, 0.15) is 0 Å². The summed E-state index contributed by atoms with van der Waals surface area (Å²) in [5.41, 5.74) is 1.24. The van der Waals surface area contributed by atoms with E-state index < -0.39 is 0 Å². The second-order valence-electron chi connectivity index (χ2n) is 2.32. The van der Waals surface area contributed by atoms with Gasteiger partial charge in [-0.1, -0.05) is 0 Å². The maximum absolute atomic E-state index is 8.70.